The fourth-order valence-corrected chi connectivity index (χ4v) is 4.10. The van der Waals surface area contributed by atoms with Gasteiger partial charge in [-0.1, -0.05) is 6.07 Å². The number of hydrogen-bond acceptors (Lipinski definition) is 5. The average Bonchev–Trinajstić information content (AvgIpc) is 3.25. The van der Waals surface area contributed by atoms with E-state index in [1.165, 1.54) is 24.0 Å². The molecular weight excluding hydrogens is 340 g/mol. The van der Waals surface area contributed by atoms with E-state index in [9.17, 15) is 5.11 Å². The lowest BCUT2D eigenvalue weighted by molar-refractivity contribution is 0.472. The van der Waals surface area contributed by atoms with Crippen molar-refractivity contribution in [1.29, 1.82) is 0 Å². The van der Waals surface area contributed by atoms with E-state index in [1.54, 1.807) is 6.07 Å². The second-order valence-electron chi connectivity index (χ2n) is 7.53. The van der Waals surface area contributed by atoms with Gasteiger partial charge in [-0.15, -0.1) is 10.2 Å². The van der Waals surface area contributed by atoms with Gasteiger partial charge in [-0.25, -0.2) is 4.98 Å². The number of nitrogens with zero attached hydrogens (tertiary/aromatic N) is 5. The van der Waals surface area contributed by atoms with E-state index in [1.807, 2.05) is 18.3 Å². The summed E-state index contributed by atoms with van der Waals surface area (Å²) in [6, 6.07) is 5.84. The van der Waals surface area contributed by atoms with Crippen molar-refractivity contribution in [2.75, 3.05) is 11.4 Å². The Bertz CT molecular complexity index is 986. The number of aromatic hydroxyl groups is 1. The summed E-state index contributed by atoms with van der Waals surface area (Å²) in [4.78, 5) is 10.3. The first-order valence-electron chi connectivity index (χ1n) is 9.72. The molecule has 27 heavy (non-hydrogen) atoms. The molecule has 2 aliphatic rings. The van der Waals surface area contributed by atoms with E-state index in [-0.39, 0.29) is 6.04 Å². The number of fused-ring (bicyclic) bond motifs is 1. The van der Waals surface area contributed by atoms with Crippen molar-refractivity contribution >= 4 is 5.95 Å². The Morgan fingerprint density at radius 3 is 2.89 bits per heavy atom. The molecule has 0 spiro atoms. The molecule has 0 saturated heterocycles. The predicted molar refractivity (Wildman–Crippen MR) is 103 cm³/mol. The lowest BCUT2D eigenvalue weighted by Crippen LogP contribution is -2.35. The SMILES string of the molecule is CCn1c(-c2cnc(C3CC3)[nH]2)nnc1N1CCc2cc(O)ccc2C1C. The second kappa shape index (κ2) is 6.11. The smallest absolute Gasteiger partial charge is 0.228 e. The van der Waals surface area contributed by atoms with Crippen molar-refractivity contribution in [1.82, 2.24) is 24.7 Å². The summed E-state index contributed by atoms with van der Waals surface area (Å²) in [5.41, 5.74) is 3.39. The molecule has 3 heterocycles. The van der Waals surface area contributed by atoms with Crippen LogP contribution in [0.25, 0.3) is 11.5 Å². The molecule has 3 aromatic rings. The molecule has 1 aliphatic carbocycles. The van der Waals surface area contributed by atoms with Gasteiger partial charge in [0, 0.05) is 19.0 Å². The lowest BCUT2D eigenvalue weighted by atomic mass is 9.93. The zero-order chi connectivity index (χ0) is 18.5. The van der Waals surface area contributed by atoms with Crippen LogP contribution in [0.1, 0.15) is 55.6 Å². The summed E-state index contributed by atoms with van der Waals surface area (Å²) in [7, 11) is 0. The summed E-state index contributed by atoms with van der Waals surface area (Å²) in [6.07, 6.45) is 5.21. The number of rotatable bonds is 4. The Balaban J connectivity index is 1.50. The van der Waals surface area contributed by atoms with Crippen LogP contribution in [-0.4, -0.2) is 36.4 Å². The predicted octanol–water partition coefficient (Wildman–Crippen LogP) is 3.39. The lowest BCUT2D eigenvalue weighted by Gasteiger charge is -2.36. The number of imidazole rings is 1. The van der Waals surface area contributed by atoms with Crippen molar-refractivity contribution in [3.8, 4) is 17.3 Å². The first-order valence-corrected chi connectivity index (χ1v) is 9.72. The Labute approximate surface area is 158 Å². The molecule has 5 rings (SSSR count). The molecular formula is C20H24N6O. The number of anilines is 1. The molecule has 1 unspecified atom stereocenters. The summed E-state index contributed by atoms with van der Waals surface area (Å²) in [6.45, 7) is 5.95. The minimum absolute atomic E-state index is 0.181. The van der Waals surface area contributed by atoms with E-state index in [2.05, 4.69) is 43.5 Å². The van der Waals surface area contributed by atoms with Crippen LogP contribution in [0.3, 0.4) is 0 Å². The molecule has 1 atom stereocenters. The Morgan fingerprint density at radius 1 is 1.26 bits per heavy atom. The van der Waals surface area contributed by atoms with Crippen molar-refractivity contribution < 1.29 is 5.11 Å². The highest BCUT2D eigenvalue weighted by molar-refractivity contribution is 5.54. The van der Waals surface area contributed by atoms with Gasteiger partial charge in [-0.3, -0.25) is 4.57 Å². The molecule has 0 amide bonds. The first kappa shape index (κ1) is 16.4. The van der Waals surface area contributed by atoms with Crippen LogP contribution in [0.4, 0.5) is 5.95 Å². The highest BCUT2D eigenvalue weighted by atomic mass is 16.3. The van der Waals surface area contributed by atoms with Crippen LogP contribution in [0.5, 0.6) is 5.75 Å². The standard InChI is InChI=1S/C20H24N6O/c1-3-25-19(17-11-21-18(22-17)13-4-5-13)23-24-20(25)26-9-8-14-10-15(27)6-7-16(14)12(26)2/h6-7,10-13,27H,3-5,8-9H2,1-2H3,(H,21,22). The van der Waals surface area contributed by atoms with Gasteiger partial charge >= 0.3 is 0 Å². The van der Waals surface area contributed by atoms with Gasteiger partial charge in [0.2, 0.25) is 5.95 Å². The number of H-pyrrole nitrogens is 1. The number of phenols is 1. The van der Waals surface area contributed by atoms with Crippen molar-refractivity contribution in [2.45, 2.75) is 51.6 Å². The third-order valence-electron chi connectivity index (χ3n) is 5.77. The highest BCUT2D eigenvalue weighted by Crippen LogP contribution is 2.39. The van der Waals surface area contributed by atoms with Crippen LogP contribution in [0, 0.1) is 0 Å². The van der Waals surface area contributed by atoms with Crippen LogP contribution >= 0.6 is 0 Å². The van der Waals surface area contributed by atoms with E-state index >= 15 is 0 Å². The largest absolute Gasteiger partial charge is 0.508 e. The molecule has 0 radical (unpaired) electrons. The maximum absolute atomic E-state index is 9.76. The third kappa shape index (κ3) is 2.69. The van der Waals surface area contributed by atoms with Crippen LogP contribution in [0.2, 0.25) is 0 Å². The topological polar surface area (TPSA) is 82.9 Å². The number of hydrogen-bond donors (Lipinski definition) is 2. The van der Waals surface area contributed by atoms with E-state index in [0.29, 0.717) is 11.7 Å². The van der Waals surface area contributed by atoms with Crippen LogP contribution in [0.15, 0.2) is 24.4 Å². The van der Waals surface area contributed by atoms with Gasteiger partial charge < -0.3 is 15.0 Å². The van der Waals surface area contributed by atoms with Crippen molar-refractivity contribution in [3.05, 3.63) is 41.3 Å². The van der Waals surface area contributed by atoms with E-state index < -0.39 is 0 Å². The van der Waals surface area contributed by atoms with Gasteiger partial charge in [-0.05, 0) is 56.4 Å². The molecule has 2 N–H and O–H groups in total. The Kier molecular flexibility index (Phi) is 3.70. The van der Waals surface area contributed by atoms with Gasteiger partial charge in [0.25, 0.3) is 0 Å². The molecule has 2 aromatic heterocycles. The number of phenolic OH excluding ortho intramolecular Hbond substituents is 1. The monoisotopic (exact) mass is 364 g/mol. The Hall–Kier alpha value is -2.83. The summed E-state index contributed by atoms with van der Waals surface area (Å²) in [5.74, 6) is 3.72. The number of benzene rings is 1. The van der Waals surface area contributed by atoms with Crippen molar-refractivity contribution in [3.63, 3.8) is 0 Å². The summed E-state index contributed by atoms with van der Waals surface area (Å²) >= 11 is 0. The average molecular weight is 364 g/mol. The molecule has 140 valence electrons. The Morgan fingerprint density at radius 2 is 2.11 bits per heavy atom. The van der Waals surface area contributed by atoms with Crippen LogP contribution in [-0.2, 0) is 13.0 Å². The molecule has 0 bridgehead atoms. The zero-order valence-electron chi connectivity index (χ0n) is 15.7. The molecule has 1 aromatic carbocycles. The highest BCUT2D eigenvalue weighted by Gasteiger charge is 2.30. The fraction of sp³-hybridized carbons (Fsp3) is 0.450. The summed E-state index contributed by atoms with van der Waals surface area (Å²) in [5, 5.41) is 18.8. The number of nitrogens with one attached hydrogen (secondary N) is 1. The molecule has 1 saturated carbocycles. The van der Waals surface area contributed by atoms with Gasteiger partial charge in [-0.2, -0.15) is 0 Å². The molecule has 1 fully saturated rings. The third-order valence-corrected chi connectivity index (χ3v) is 5.77. The van der Waals surface area contributed by atoms with Crippen LogP contribution < -0.4 is 4.90 Å². The minimum atomic E-state index is 0.181. The number of aromatic amines is 1. The molecule has 1 aliphatic heterocycles. The maximum Gasteiger partial charge on any atom is 0.228 e. The first-order chi connectivity index (χ1) is 13.2. The normalized spacial score (nSPS) is 19.3. The van der Waals surface area contributed by atoms with Crippen molar-refractivity contribution in [2.24, 2.45) is 0 Å². The fourth-order valence-electron chi connectivity index (χ4n) is 4.10. The number of aromatic nitrogens is 5. The van der Waals surface area contributed by atoms with E-state index in [4.69, 9.17) is 0 Å². The minimum Gasteiger partial charge on any atom is -0.508 e. The summed E-state index contributed by atoms with van der Waals surface area (Å²) < 4.78 is 2.16. The van der Waals surface area contributed by atoms with Gasteiger partial charge in [0.15, 0.2) is 5.82 Å². The molecule has 7 heteroatoms. The van der Waals surface area contributed by atoms with E-state index in [0.717, 1.165) is 42.8 Å². The second-order valence-corrected chi connectivity index (χ2v) is 7.53. The van der Waals surface area contributed by atoms with Gasteiger partial charge in [0.1, 0.15) is 17.3 Å². The quantitative estimate of drug-likeness (QED) is 0.741. The zero-order valence-corrected chi connectivity index (χ0v) is 15.7. The maximum atomic E-state index is 9.76. The molecule has 7 nitrogen and oxygen atoms in total. The van der Waals surface area contributed by atoms with Gasteiger partial charge in [0.05, 0.1) is 12.2 Å².